The number of ether oxygens (including phenoxy) is 1. The number of ketones is 1. The highest BCUT2D eigenvalue weighted by molar-refractivity contribution is 7.99. The predicted octanol–water partition coefficient (Wildman–Crippen LogP) is 4.92. The number of thioether (sulfide) groups is 1. The van der Waals surface area contributed by atoms with Crippen molar-refractivity contribution in [2.45, 2.75) is 32.2 Å². The van der Waals surface area contributed by atoms with E-state index in [4.69, 9.17) is 4.42 Å². The summed E-state index contributed by atoms with van der Waals surface area (Å²) in [6, 6.07) is 7.73. The van der Waals surface area contributed by atoms with Crippen molar-refractivity contribution in [1.29, 1.82) is 0 Å². The Hall–Kier alpha value is -2.94. The van der Waals surface area contributed by atoms with Gasteiger partial charge in [-0.05, 0) is 44.2 Å². The first-order valence-electron chi connectivity index (χ1n) is 8.71. The molecule has 0 unspecified atom stereocenters. The number of hydrogen-bond acceptors (Lipinski definition) is 6. The predicted molar refractivity (Wildman–Crippen MR) is 106 cm³/mol. The van der Waals surface area contributed by atoms with Gasteiger partial charge in [0.2, 0.25) is 5.89 Å². The Morgan fingerprint density at radius 2 is 2.03 bits per heavy atom. The van der Waals surface area contributed by atoms with Gasteiger partial charge < -0.3 is 13.7 Å². The van der Waals surface area contributed by atoms with E-state index in [1.807, 2.05) is 24.5 Å². The van der Waals surface area contributed by atoms with E-state index in [-0.39, 0.29) is 28.4 Å². The van der Waals surface area contributed by atoms with E-state index >= 15 is 0 Å². The van der Waals surface area contributed by atoms with E-state index in [0.717, 1.165) is 23.1 Å². The van der Waals surface area contributed by atoms with Crippen LogP contribution in [0.5, 0.6) is 5.75 Å². The molecule has 0 N–H and O–H groups in total. The Balaban J connectivity index is 1.64. The molecular weight excluding hydrogens is 400 g/mol. The lowest BCUT2D eigenvalue weighted by Gasteiger charge is -2.05. The van der Waals surface area contributed by atoms with Gasteiger partial charge in [0.1, 0.15) is 5.75 Å². The van der Waals surface area contributed by atoms with Gasteiger partial charge in [0.25, 0.3) is 5.22 Å². The van der Waals surface area contributed by atoms with Crippen LogP contribution < -0.4 is 4.74 Å². The number of aromatic nitrogens is 3. The minimum Gasteiger partial charge on any atom is -0.435 e. The monoisotopic (exact) mass is 419 g/mol. The fourth-order valence-electron chi connectivity index (χ4n) is 2.86. The SMILES string of the molecule is C=CCn1c(C)cc(C(=O)CSc2nnc(-c3ccc(OC(F)F)cc3)o2)c1C. The number of allylic oxidation sites excluding steroid dienone is 1. The highest BCUT2D eigenvalue weighted by atomic mass is 32.2. The molecule has 0 aliphatic rings. The molecule has 1 aromatic carbocycles. The molecule has 6 nitrogen and oxygen atoms in total. The lowest BCUT2D eigenvalue weighted by atomic mass is 10.2. The molecule has 0 radical (unpaired) electrons. The van der Waals surface area contributed by atoms with Crippen LogP contribution in [0, 0.1) is 13.8 Å². The molecule has 3 rings (SSSR count). The van der Waals surface area contributed by atoms with E-state index in [1.165, 1.54) is 12.1 Å². The van der Waals surface area contributed by atoms with Gasteiger partial charge in [-0.2, -0.15) is 8.78 Å². The van der Waals surface area contributed by atoms with Crippen molar-refractivity contribution in [3.05, 3.63) is 59.9 Å². The molecule has 3 aromatic rings. The molecule has 0 bridgehead atoms. The van der Waals surface area contributed by atoms with Crippen molar-refractivity contribution in [2.75, 3.05) is 5.75 Å². The van der Waals surface area contributed by atoms with Crippen LogP contribution in [0.4, 0.5) is 8.78 Å². The molecule has 0 aliphatic carbocycles. The van der Waals surface area contributed by atoms with Crippen LogP contribution in [0.1, 0.15) is 21.7 Å². The second-order valence-corrected chi connectivity index (χ2v) is 7.10. The normalized spacial score (nSPS) is 11.1. The van der Waals surface area contributed by atoms with Crippen LogP contribution in [-0.4, -0.2) is 32.9 Å². The van der Waals surface area contributed by atoms with Gasteiger partial charge in [-0.3, -0.25) is 4.79 Å². The fourth-order valence-corrected chi connectivity index (χ4v) is 3.51. The summed E-state index contributed by atoms with van der Waals surface area (Å²) >= 11 is 1.14. The second-order valence-electron chi connectivity index (χ2n) is 6.17. The third-order valence-electron chi connectivity index (χ3n) is 4.25. The molecule has 0 spiro atoms. The largest absolute Gasteiger partial charge is 0.435 e. The van der Waals surface area contributed by atoms with Gasteiger partial charge in [0.05, 0.1) is 5.75 Å². The van der Waals surface area contributed by atoms with Crippen molar-refractivity contribution in [3.63, 3.8) is 0 Å². The van der Waals surface area contributed by atoms with E-state index in [1.54, 1.807) is 18.2 Å². The minimum atomic E-state index is -2.88. The van der Waals surface area contributed by atoms with E-state index in [0.29, 0.717) is 17.7 Å². The first-order valence-corrected chi connectivity index (χ1v) is 9.70. The van der Waals surface area contributed by atoms with Gasteiger partial charge in [-0.25, -0.2) is 0 Å². The Morgan fingerprint density at radius 1 is 1.31 bits per heavy atom. The summed E-state index contributed by atoms with van der Waals surface area (Å²) in [7, 11) is 0. The number of carbonyl (C=O) groups is 1. The first kappa shape index (κ1) is 20.8. The summed E-state index contributed by atoms with van der Waals surface area (Å²) < 4.78 is 36.3. The fraction of sp³-hybridized carbons (Fsp3) is 0.250. The number of Topliss-reactive ketones (excluding diaryl/α,β-unsaturated/α-hetero) is 1. The number of hydrogen-bond donors (Lipinski definition) is 0. The standard InChI is InChI=1S/C20H19F2N3O3S/c1-4-9-25-12(2)10-16(13(25)3)17(26)11-29-20-24-23-18(28-20)14-5-7-15(8-6-14)27-19(21)22/h4-8,10,19H,1,9,11H2,2-3H3. The topological polar surface area (TPSA) is 70.2 Å². The Bertz CT molecular complexity index is 1010. The maximum atomic E-state index is 12.6. The average Bonchev–Trinajstić information content (AvgIpc) is 3.27. The molecule has 2 heterocycles. The molecule has 0 atom stereocenters. The van der Waals surface area contributed by atoms with Gasteiger partial charge in [-0.1, -0.05) is 17.8 Å². The highest BCUT2D eigenvalue weighted by Crippen LogP contribution is 2.26. The third-order valence-corrected chi connectivity index (χ3v) is 5.06. The molecule has 0 aliphatic heterocycles. The van der Waals surface area contributed by atoms with Crippen LogP contribution in [-0.2, 0) is 6.54 Å². The van der Waals surface area contributed by atoms with Crippen LogP contribution in [0.15, 0.2) is 52.6 Å². The zero-order chi connectivity index (χ0) is 21.0. The molecule has 2 aromatic heterocycles. The third kappa shape index (κ3) is 4.92. The zero-order valence-electron chi connectivity index (χ0n) is 15.9. The smallest absolute Gasteiger partial charge is 0.387 e. The highest BCUT2D eigenvalue weighted by Gasteiger charge is 2.17. The number of nitrogens with zero attached hydrogens (tertiary/aromatic N) is 3. The lowest BCUT2D eigenvalue weighted by Crippen LogP contribution is -2.06. The Kier molecular flexibility index (Phi) is 6.48. The molecule has 152 valence electrons. The molecular formula is C20H19F2N3O3S. The van der Waals surface area contributed by atoms with Crippen LogP contribution in [0.25, 0.3) is 11.5 Å². The summed E-state index contributed by atoms with van der Waals surface area (Å²) in [4.78, 5) is 12.6. The molecule has 29 heavy (non-hydrogen) atoms. The average molecular weight is 419 g/mol. The summed E-state index contributed by atoms with van der Waals surface area (Å²) in [6.45, 7) is 5.35. The molecule has 9 heteroatoms. The number of rotatable bonds is 9. The van der Waals surface area contributed by atoms with Gasteiger partial charge in [0.15, 0.2) is 5.78 Å². The molecule has 0 saturated carbocycles. The van der Waals surface area contributed by atoms with Gasteiger partial charge in [-0.15, -0.1) is 16.8 Å². The number of alkyl halides is 2. The van der Waals surface area contributed by atoms with Crippen molar-refractivity contribution < 1.29 is 22.7 Å². The van der Waals surface area contributed by atoms with Crippen molar-refractivity contribution in [2.24, 2.45) is 0 Å². The number of aryl methyl sites for hydroxylation is 1. The van der Waals surface area contributed by atoms with Crippen LogP contribution in [0.3, 0.4) is 0 Å². The summed E-state index contributed by atoms with van der Waals surface area (Å²) in [5.74, 6) is 0.387. The molecule has 0 fully saturated rings. The van der Waals surface area contributed by atoms with Gasteiger partial charge >= 0.3 is 6.61 Å². The summed E-state index contributed by atoms with van der Waals surface area (Å²) in [5, 5.41) is 8.11. The quantitative estimate of drug-likeness (QED) is 0.279. The van der Waals surface area contributed by atoms with Crippen molar-refractivity contribution >= 4 is 17.5 Å². The Morgan fingerprint density at radius 3 is 2.69 bits per heavy atom. The zero-order valence-corrected chi connectivity index (χ0v) is 16.7. The second kappa shape index (κ2) is 9.04. The van der Waals surface area contributed by atoms with Gasteiger partial charge in [0, 0.05) is 29.1 Å². The number of halogens is 2. The Labute approximate surface area is 170 Å². The maximum absolute atomic E-state index is 12.6. The first-order chi connectivity index (χ1) is 13.9. The van der Waals surface area contributed by atoms with Crippen LogP contribution >= 0.6 is 11.8 Å². The van der Waals surface area contributed by atoms with Crippen molar-refractivity contribution in [1.82, 2.24) is 14.8 Å². The van der Waals surface area contributed by atoms with Crippen molar-refractivity contribution in [3.8, 4) is 17.2 Å². The number of carbonyl (C=O) groups excluding carboxylic acids is 1. The number of benzene rings is 1. The van der Waals surface area contributed by atoms with E-state index in [2.05, 4.69) is 21.5 Å². The van der Waals surface area contributed by atoms with Crippen LogP contribution in [0.2, 0.25) is 0 Å². The molecule has 0 saturated heterocycles. The maximum Gasteiger partial charge on any atom is 0.387 e. The molecule has 0 amide bonds. The van der Waals surface area contributed by atoms with E-state index in [9.17, 15) is 13.6 Å². The summed E-state index contributed by atoms with van der Waals surface area (Å²) in [6.07, 6.45) is 1.79. The minimum absolute atomic E-state index is 0.0355. The van der Waals surface area contributed by atoms with E-state index < -0.39 is 6.61 Å². The summed E-state index contributed by atoms with van der Waals surface area (Å²) in [5.41, 5.74) is 3.11. The lowest BCUT2D eigenvalue weighted by molar-refractivity contribution is -0.0498.